The normalized spacial score (nSPS) is 17.7. The summed E-state index contributed by atoms with van der Waals surface area (Å²) in [5, 5.41) is 10.8. The first-order valence-electron chi connectivity index (χ1n) is 10.8. The fourth-order valence-electron chi connectivity index (χ4n) is 3.75. The van der Waals surface area contributed by atoms with Gasteiger partial charge in [-0.15, -0.1) is 11.3 Å². The van der Waals surface area contributed by atoms with Crippen molar-refractivity contribution >= 4 is 29.0 Å². The number of carbonyl (C=O) groups is 2. The molecule has 1 fully saturated rings. The van der Waals surface area contributed by atoms with E-state index < -0.39 is 11.8 Å². The Morgan fingerprint density at radius 1 is 1.00 bits per heavy atom. The molecule has 1 heterocycles. The number of thiazole rings is 1. The number of urea groups is 1. The van der Waals surface area contributed by atoms with Crippen molar-refractivity contribution in [1.82, 2.24) is 15.6 Å². The van der Waals surface area contributed by atoms with Crippen LogP contribution in [0.25, 0.3) is 0 Å². The monoisotopic (exact) mass is 468 g/mol. The number of ether oxygens (including phenoxy) is 1. The molecule has 1 saturated carbocycles. The Hall–Kier alpha value is -3.46. The molecular weight excluding hydrogens is 443 g/mol. The Morgan fingerprint density at radius 2 is 1.70 bits per heavy atom. The maximum absolute atomic E-state index is 13.8. The molecule has 2 atom stereocenters. The maximum Gasteiger partial charge on any atom is 0.319 e. The smallest absolute Gasteiger partial charge is 0.319 e. The zero-order valence-corrected chi connectivity index (χ0v) is 18.7. The minimum absolute atomic E-state index is 0.110. The van der Waals surface area contributed by atoms with Crippen LogP contribution in [0.4, 0.5) is 14.9 Å². The number of amides is 3. The molecule has 1 aliphatic rings. The van der Waals surface area contributed by atoms with Gasteiger partial charge in [-0.3, -0.25) is 4.79 Å². The van der Waals surface area contributed by atoms with Crippen LogP contribution in [0.3, 0.4) is 0 Å². The predicted molar refractivity (Wildman–Crippen MR) is 125 cm³/mol. The number of anilines is 1. The lowest BCUT2D eigenvalue weighted by Gasteiger charge is -2.32. The minimum atomic E-state index is -0.503. The third-order valence-corrected chi connectivity index (χ3v) is 6.23. The van der Waals surface area contributed by atoms with Crippen molar-refractivity contribution < 1.29 is 18.7 Å². The average Bonchev–Trinajstić information content (AvgIpc) is 3.30. The topological polar surface area (TPSA) is 92.4 Å². The lowest BCUT2D eigenvalue weighted by atomic mass is 9.90. The molecule has 9 heteroatoms. The van der Waals surface area contributed by atoms with Gasteiger partial charge in [-0.1, -0.05) is 43.2 Å². The van der Waals surface area contributed by atoms with Crippen LogP contribution < -0.4 is 20.7 Å². The number of para-hydroxylation sites is 2. The highest BCUT2D eigenvalue weighted by Gasteiger charge is 2.29. The zero-order chi connectivity index (χ0) is 23.0. The van der Waals surface area contributed by atoms with Gasteiger partial charge in [-0.05, 0) is 37.1 Å². The summed E-state index contributed by atoms with van der Waals surface area (Å²) in [6, 6.07) is 14.4. The van der Waals surface area contributed by atoms with Crippen LogP contribution in [0.5, 0.6) is 5.75 Å². The number of aromatic nitrogens is 1. The van der Waals surface area contributed by atoms with Gasteiger partial charge in [-0.2, -0.15) is 0 Å². The van der Waals surface area contributed by atoms with E-state index in [1.165, 1.54) is 23.5 Å². The van der Waals surface area contributed by atoms with E-state index in [9.17, 15) is 14.0 Å². The maximum atomic E-state index is 13.8. The second-order valence-corrected chi connectivity index (χ2v) is 8.72. The quantitative estimate of drug-likeness (QED) is 0.468. The summed E-state index contributed by atoms with van der Waals surface area (Å²) in [5.41, 5.74) is 0.436. The fourth-order valence-corrected chi connectivity index (χ4v) is 4.44. The molecule has 7 nitrogen and oxygen atoms in total. The van der Waals surface area contributed by atoms with Crippen molar-refractivity contribution in [2.75, 3.05) is 5.32 Å². The summed E-state index contributed by atoms with van der Waals surface area (Å²) in [6.07, 6.45) is 3.35. The van der Waals surface area contributed by atoms with E-state index in [0.29, 0.717) is 10.7 Å². The average molecular weight is 469 g/mol. The first-order chi connectivity index (χ1) is 16.1. The zero-order valence-electron chi connectivity index (χ0n) is 17.9. The van der Waals surface area contributed by atoms with Gasteiger partial charge < -0.3 is 20.7 Å². The molecule has 1 aliphatic carbocycles. The second kappa shape index (κ2) is 10.9. The molecule has 2 aromatic carbocycles. The molecule has 0 radical (unpaired) electrons. The molecular formula is C24H25FN4O3S. The molecule has 0 bridgehead atoms. The molecule has 4 rings (SSSR count). The van der Waals surface area contributed by atoms with Gasteiger partial charge in [-0.25, -0.2) is 14.2 Å². The van der Waals surface area contributed by atoms with E-state index in [2.05, 4.69) is 20.9 Å². The van der Waals surface area contributed by atoms with Crippen molar-refractivity contribution in [2.24, 2.45) is 0 Å². The summed E-state index contributed by atoms with van der Waals surface area (Å²) < 4.78 is 19.5. The highest BCUT2D eigenvalue weighted by Crippen LogP contribution is 2.21. The van der Waals surface area contributed by atoms with E-state index in [0.717, 1.165) is 31.4 Å². The molecule has 1 aromatic heterocycles. The lowest BCUT2D eigenvalue weighted by molar-refractivity contribution is 0.0911. The van der Waals surface area contributed by atoms with Crippen LogP contribution in [-0.2, 0) is 6.61 Å². The summed E-state index contributed by atoms with van der Waals surface area (Å²) >= 11 is 1.36. The van der Waals surface area contributed by atoms with Crippen LogP contribution in [-0.4, -0.2) is 29.0 Å². The van der Waals surface area contributed by atoms with Crippen molar-refractivity contribution in [2.45, 2.75) is 44.4 Å². The second-order valence-electron chi connectivity index (χ2n) is 7.78. The molecule has 33 heavy (non-hydrogen) atoms. The van der Waals surface area contributed by atoms with E-state index in [1.54, 1.807) is 17.5 Å². The number of halogens is 1. The summed E-state index contributed by atoms with van der Waals surface area (Å²) in [7, 11) is 0. The molecule has 0 unspecified atom stereocenters. The molecule has 0 spiro atoms. The number of nitrogens with zero attached hydrogens (tertiary/aromatic N) is 1. The van der Waals surface area contributed by atoms with Crippen LogP contribution >= 0.6 is 11.3 Å². The third kappa shape index (κ3) is 6.29. The van der Waals surface area contributed by atoms with Gasteiger partial charge >= 0.3 is 6.03 Å². The largest absolute Gasteiger partial charge is 0.486 e. The van der Waals surface area contributed by atoms with Gasteiger partial charge in [0, 0.05) is 11.4 Å². The van der Waals surface area contributed by atoms with Crippen molar-refractivity contribution in [3.63, 3.8) is 0 Å². The van der Waals surface area contributed by atoms with Crippen LogP contribution in [0, 0.1) is 5.82 Å². The summed E-state index contributed by atoms with van der Waals surface area (Å²) in [6.45, 7) is 0.284. The summed E-state index contributed by atoms with van der Waals surface area (Å²) in [5.74, 6) is -0.0503. The van der Waals surface area contributed by atoms with Crippen LogP contribution in [0.2, 0.25) is 0 Å². The first kappa shape index (κ1) is 22.7. The Labute approximate surface area is 195 Å². The third-order valence-electron chi connectivity index (χ3n) is 5.41. The van der Waals surface area contributed by atoms with E-state index in [1.807, 2.05) is 30.3 Å². The Morgan fingerprint density at radius 3 is 2.45 bits per heavy atom. The molecule has 172 valence electrons. The van der Waals surface area contributed by atoms with Crippen molar-refractivity contribution in [1.29, 1.82) is 0 Å². The Kier molecular flexibility index (Phi) is 7.51. The molecule has 3 N–H and O–H groups in total. The molecule has 3 aromatic rings. The van der Waals surface area contributed by atoms with Gasteiger partial charge in [0.15, 0.2) is 0 Å². The fraction of sp³-hybridized carbons (Fsp3) is 0.292. The van der Waals surface area contributed by atoms with Crippen LogP contribution in [0.1, 0.15) is 41.2 Å². The Bertz CT molecular complexity index is 1090. The number of hydrogen-bond donors (Lipinski definition) is 3. The van der Waals surface area contributed by atoms with Gasteiger partial charge in [0.05, 0.1) is 11.7 Å². The molecule has 0 aliphatic heterocycles. The van der Waals surface area contributed by atoms with E-state index in [-0.39, 0.29) is 30.3 Å². The number of benzene rings is 2. The van der Waals surface area contributed by atoms with Crippen LogP contribution in [0.15, 0.2) is 60.0 Å². The summed E-state index contributed by atoms with van der Waals surface area (Å²) in [4.78, 5) is 29.6. The lowest BCUT2D eigenvalue weighted by Crippen LogP contribution is -2.54. The molecule has 0 saturated heterocycles. The van der Waals surface area contributed by atoms with Gasteiger partial charge in [0.2, 0.25) is 0 Å². The number of hydrogen-bond acceptors (Lipinski definition) is 5. The number of carbonyl (C=O) groups excluding carboxylic acids is 2. The van der Waals surface area contributed by atoms with E-state index >= 15 is 0 Å². The van der Waals surface area contributed by atoms with Crippen molar-refractivity contribution in [3.05, 3.63) is 76.5 Å². The van der Waals surface area contributed by atoms with Gasteiger partial charge in [0.1, 0.15) is 28.9 Å². The standard InChI is InChI=1S/C24H25FN4O3S/c25-17-10-4-5-11-18(17)28-24(31)29-20-13-7-6-12-19(20)27-23(30)21-15-33-22(26-21)14-32-16-8-2-1-3-9-16/h1-5,8-11,15,19-20H,6-7,12-14H2,(H,27,30)(H2,28,29,31)/t19-,20+/m1/s1. The van der Waals surface area contributed by atoms with Gasteiger partial charge in [0.25, 0.3) is 5.91 Å². The molecule has 3 amide bonds. The Balaban J connectivity index is 1.32. The highest BCUT2D eigenvalue weighted by atomic mass is 32.1. The number of nitrogens with one attached hydrogen (secondary N) is 3. The number of rotatable bonds is 7. The van der Waals surface area contributed by atoms with E-state index in [4.69, 9.17) is 4.74 Å². The predicted octanol–water partition coefficient (Wildman–Crippen LogP) is 4.72. The SMILES string of the molecule is O=C(Nc1ccccc1F)N[C@H]1CCCC[C@H]1NC(=O)c1csc(COc2ccccc2)n1. The first-order valence-corrected chi connectivity index (χ1v) is 11.7. The minimum Gasteiger partial charge on any atom is -0.486 e. The van der Waals surface area contributed by atoms with Crippen molar-refractivity contribution in [3.8, 4) is 5.75 Å². The highest BCUT2D eigenvalue weighted by molar-refractivity contribution is 7.09.